The molecule has 3 aromatic rings. The maximum Gasteiger partial charge on any atom is 0.234 e. The summed E-state index contributed by atoms with van der Waals surface area (Å²) in [7, 11) is 0. The summed E-state index contributed by atoms with van der Waals surface area (Å²) in [5.74, 6) is -0.00946. The van der Waals surface area contributed by atoms with Crippen LogP contribution in [0.4, 0.5) is 5.13 Å². The molecule has 5 nitrogen and oxygen atoms in total. The minimum atomic E-state index is -0.00946. The molecule has 0 aromatic carbocycles. The molecule has 0 unspecified atom stereocenters. The van der Waals surface area contributed by atoms with Gasteiger partial charge in [0.15, 0.2) is 0 Å². The number of amides is 1. The zero-order chi connectivity index (χ0) is 16.1. The highest BCUT2D eigenvalue weighted by Gasteiger charge is 2.20. The van der Waals surface area contributed by atoms with Crippen molar-refractivity contribution in [3.05, 3.63) is 59.6 Å². The van der Waals surface area contributed by atoms with Crippen molar-refractivity contribution in [1.29, 1.82) is 0 Å². The molecule has 7 heteroatoms. The summed E-state index contributed by atoms with van der Waals surface area (Å²) in [5, 5.41) is 11.7. The van der Waals surface area contributed by atoms with E-state index in [4.69, 9.17) is 0 Å². The van der Waals surface area contributed by atoms with Crippen LogP contribution in [0.15, 0.2) is 54.7 Å². The molecule has 0 atom stereocenters. The number of rotatable bonds is 6. The average Bonchev–Trinajstić information content (AvgIpc) is 3.25. The monoisotopic (exact) mass is 342 g/mol. The van der Waals surface area contributed by atoms with Crippen LogP contribution in [0.2, 0.25) is 0 Å². The molecule has 0 aliphatic carbocycles. The number of anilines is 1. The molecule has 0 spiro atoms. The largest absolute Gasteiger partial charge is 0.282 e. The van der Waals surface area contributed by atoms with Gasteiger partial charge in [-0.3, -0.25) is 14.7 Å². The van der Waals surface area contributed by atoms with Crippen molar-refractivity contribution < 1.29 is 4.79 Å². The second-order valence-electron chi connectivity index (χ2n) is 4.67. The van der Waals surface area contributed by atoms with E-state index in [0.29, 0.717) is 18.1 Å². The number of thiophene rings is 1. The number of carbonyl (C=O) groups is 1. The zero-order valence-electron chi connectivity index (χ0n) is 12.3. The van der Waals surface area contributed by atoms with Gasteiger partial charge in [0.2, 0.25) is 11.0 Å². The number of aromatic nitrogens is 3. The molecule has 0 aliphatic heterocycles. The minimum Gasteiger partial charge on any atom is -0.282 e. The van der Waals surface area contributed by atoms with Crippen molar-refractivity contribution >= 4 is 33.7 Å². The summed E-state index contributed by atoms with van der Waals surface area (Å²) in [6.07, 6.45) is 5.47. The fraction of sp³-hybridized carbons (Fsp3) is 0.125. The number of hydrogen-bond donors (Lipinski definition) is 0. The first kappa shape index (κ1) is 15.5. The summed E-state index contributed by atoms with van der Waals surface area (Å²) in [6, 6.07) is 7.64. The van der Waals surface area contributed by atoms with Crippen molar-refractivity contribution in [2.75, 3.05) is 11.4 Å². The SMILES string of the molecule is C=CCN(C(=O)Cc1cccs1)c1nnc(-c2ccncc2)s1. The van der Waals surface area contributed by atoms with E-state index >= 15 is 0 Å². The molecule has 0 bridgehead atoms. The van der Waals surface area contributed by atoms with Gasteiger partial charge in [-0.25, -0.2) is 0 Å². The van der Waals surface area contributed by atoms with Gasteiger partial charge >= 0.3 is 0 Å². The van der Waals surface area contributed by atoms with Gasteiger partial charge < -0.3 is 0 Å². The molecule has 3 aromatic heterocycles. The highest BCUT2D eigenvalue weighted by Crippen LogP contribution is 2.28. The molecule has 0 radical (unpaired) electrons. The summed E-state index contributed by atoms with van der Waals surface area (Å²) < 4.78 is 0. The van der Waals surface area contributed by atoms with Crippen LogP contribution in [-0.4, -0.2) is 27.6 Å². The van der Waals surface area contributed by atoms with Gasteiger partial charge in [0.1, 0.15) is 5.01 Å². The van der Waals surface area contributed by atoms with E-state index in [1.807, 2.05) is 29.6 Å². The highest BCUT2D eigenvalue weighted by molar-refractivity contribution is 7.18. The lowest BCUT2D eigenvalue weighted by atomic mass is 10.3. The van der Waals surface area contributed by atoms with E-state index < -0.39 is 0 Å². The Kier molecular flexibility index (Phi) is 4.89. The van der Waals surface area contributed by atoms with Gasteiger partial charge in [0, 0.05) is 29.4 Å². The topological polar surface area (TPSA) is 59.0 Å². The molecule has 23 heavy (non-hydrogen) atoms. The van der Waals surface area contributed by atoms with E-state index in [1.54, 1.807) is 34.7 Å². The molecule has 0 fully saturated rings. The van der Waals surface area contributed by atoms with Crippen LogP contribution in [-0.2, 0) is 11.2 Å². The third-order valence-electron chi connectivity index (χ3n) is 3.09. The first-order chi connectivity index (χ1) is 11.3. The molecule has 116 valence electrons. The van der Waals surface area contributed by atoms with Gasteiger partial charge in [-0.1, -0.05) is 23.5 Å². The lowest BCUT2D eigenvalue weighted by molar-refractivity contribution is -0.117. The Morgan fingerprint density at radius 3 is 2.78 bits per heavy atom. The zero-order valence-corrected chi connectivity index (χ0v) is 13.9. The first-order valence-electron chi connectivity index (χ1n) is 6.95. The lowest BCUT2D eigenvalue weighted by Gasteiger charge is -2.16. The molecule has 3 heterocycles. The maximum absolute atomic E-state index is 12.6. The van der Waals surface area contributed by atoms with Gasteiger partial charge in [-0.05, 0) is 23.6 Å². The summed E-state index contributed by atoms with van der Waals surface area (Å²) in [5.41, 5.74) is 0.938. The van der Waals surface area contributed by atoms with Crippen molar-refractivity contribution in [1.82, 2.24) is 15.2 Å². The molecular formula is C16H14N4OS2. The van der Waals surface area contributed by atoms with Crippen LogP contribution in [0, 0.1) is 0 Å². The van der Waals surface area contributed by atoms with Crippen LogP contribution in [0.1, 0.15) is 4.88 Å². The smallest absolute Gasteiger partial charge is 0.234 e. The fourth-order valence-corrected chi connectivity index (χ4v) is 3.58. The van der Waals surface area contributed by atoms with Gasteiger partial charge in [0.25, 0.3) is 0 Å². The van der Waals surface area contributed by atoms with Crippen LogP contribution in [0.3, 0.4) is 0 Å². The van der Waals surface area contributed by atoms with Gasteiger partial charge in [-0.2, -0.15) is 0 Å². The van der Waals surface area contributed by atoms with Gasteiger partial charge in [-0.15, -0.1) is 28.1 Å². The Bertz CT molecular complexity index is 784. The molecular weight excluding hydrogens is 328 g/mol. The standard InChI is InChI=1S/C16H14N4OS2/c1-2-9-20(14(21)11-13-4-3-10-22-13)16-19-18-15(23-16)12-5-7-17-8-6-12/h2-8,10H,1,9,11H2. The summed E-state index contributed by atoms with van der Waals surface area (Å²) >= 11 is 2.96. The number of carbonyl (C=O) groups excluding carboxylic acids is 1. The minimum absolute atomic E-state index is 0.00946. The lowest BCUT2D eigenvalue weighted by Crippen LogP contribution is -2.32. The van der Waals surface area contributed by atoms with Crippen molar-refractivity contribution in [2.24, 2.45) is 0 Å². The predicted molar refractivity (Wildman–Crippen MR) is 93.7 cm³/mol. The predicted octanol–water partition coefficient (Wildman–Crippen LogP) is 3.42. The molecule has 0 N–H and O–H groups in total. The van der Waals surface area contributed by atoms with E-state index in [1.165, 1.54) is 11.3 Å². The Morgan fingerprint density at radius 1 is 1.26 bits per heavy atom. The first-order valence-corrected chi connectivity index (χ1v) is 8.65. The van der Waals surface area contributed by atoms with Crippen molar-refractivity contribution in [3.8, 4) is 10.6 Å². The Hall–Kier alpha value is -2.38. The van der Waals surface area contributed by atoms with Crippen molar-refractivity contribution in [2.45, 2.75) is 6.42 Å². The Morgan fingerprint density at radius 2 is 2.09 bits per heavy atom. The molecule has 0 saturated heterocycles. The second kappa shape index (κ2) is 7.26. The Labute approximate surface area is 142 Å². The van der Waals surface area contributed by atoms with E-state index in [-0.39, 0.29) is 5.91 Å². The third kappa shape index (κ3) is 3.69. The molecule has 1 amide bonds. The van der Waals surface area contributed by atoms with Crippen LogP contribution in [0.25, 0.3) is 10.6 Å². The summed E-state index contributed by atoms with van der Waals surface area (Å²) in [4.78, 5) is 19.2. The van der Waals surface area contributed by atoms with Crippen LogP contribution < -0.4 is 4.90 Å². The van der Waals surface area contributed by atoms with Crippen molar-refractivity contribution in [3.63, 3.8) is 0 Å². The normalized spacial score (nSPS) is 10.4. The van der Waals surface area contributed by atoms with Crippen LogP contribution >= 0.6 is 22.7 Å². The number of nitrogens with zero attached hydrogens (tertiary/aromatic N) is 4. The molecule has 3 rings (SSSR count). The highest BCUT2D eigenvalue weighted by atomic mass is 32.1. The molecule has 0 aliphatic rings. The van der Waals surface area contributed by atoms with Gasteiger partial charge in [0.05, 0.1) is 6.42 Å². The third-order valence-corrected chi connectivity index (χ3v) is 4.96. The maximum atomic E-state index is 12.6. The van der Waals surface area contributed by atoms with E-state index in [0.717, 1.165) is 15.4 Å². The molecule has 0 saturated carbocycles. The average molecular weight is 342 g/mol. The number of hydrogen-bond acceptors (Lipinski definition) is 6. The quantitative estimate of drug-likeness (QED) is 0.644. The van der Waals surface area contributed by atoms with E-state index in [9.17, 15) is 4.79 Å². The summed E-state index contributed by atoms with van der Waals surface area (Å²) in [6.45, 7) is 4.14. The Balaban J connectivity index is 1.82. The van der Waals surface area contributed by atoms with E-state index in [2.05, 4.69) is 21.8 Å². The number of pyridine rings is 1. The fourth-order valence-electron chi connectivity index (χ4n) is 2.01. The second-order valence-corrected chi connectivity index (χ2v) is 6.66. The van der Waals surface area contributed by atoms with Crippen LogP contribution in [0.5, 0.6) is 0 Å².